The summed E-state index contributed by atoms with van der Waals surface area (Å²) in [6.45, 7) is 0. The van der Waals surface area contributed by atoms with Crippen molar-refractivity contribution in [1.29, 1.82) is 0 Å². The number of carbonyl (C=O) groups is 3. The smallest absolute Gasteiger partial charge is 0.355 e. The van der Waals surface area contributed by atoms with Crippen LogP contribution in [0.3, 0.4) is 0 Å². The summed E-state index contributed by atoms with van der Waals surface area (Å²) >= 11 is 1.58. The number of thiophene rings is 1. The largest absolute Gasteiger partial charge is 0.592 e. The lowest BCUT2D eigenvalue weighted by Gasteiger charge is -2.33. The number of rotatable bonds is 5. The second-order valence-electron chi connectivity index (χ2n) is 7.27. The number of allylic oxidation sites excluding steroid dienone is 1. The summed E-state index contributed by atoms with van der Waals surface area (Å²) in [6, 6.07) is 7.35. The number of amides is 2. The second kappa shape index (κ2) is 7.28. The molecule has 0 N–H and O–H groups in total. The predicted octanol–water partition coefficient (Wildman–Crippen LogP) is 2.86. The molecule has 0 saturated carbocycles. The van der Waals surface area contributed by atoms with E-state index in [0.717, 1.165) is 16.3 Å². The van der Waals surface area contributed by atoms with Crippen molar-refractivity contribution < 1.29 is 23.5 Å². The highest BCUT2D eigenvalue weighted by molar-refractivity contribution is 7.10. The minimum absolute atomic E-state index is 0.0474. The zero-order chi connectivity index (χ0) is 20.8. The Balaban J connectivity index is 1.31. The van der Waals surface area contributed by atoms with Crippen molar-refractivity contribution >= 4 is 42.5 Å². The van der Waals surface area contributed by atoms with Gasteiger partial charge in [0.25, 0.3) is 11.8 Å². The molecule has 5 heterocycles. The number of carbonyl (C=O) groups excluding carboxylic acids is 3. The van der Waals surface area contributed by atoms with Crippen molar-refractivity contribution in [3.8, 4) is 0 Å². The molecule has 1 atom stereocenters. The Morgan fingerprint density at radius 1 is 1.23 bits per heavy atom. The number of imide groups is 1. The van der Waals surface area contributed by atoms with Gasteiger partial charge < -0.3 is 14.1 Å². The van der Waals surface area contributed by atoms with Crippen molar-refractivity contribution in [3.63, 3.8) is 0 Å². The molecular formula is C20H17BFN3O4S. The van der Waals surface area contributed by atoms with E-state index >= 15 is 4.32 Å². The minimum Gasteiger partial charge on any atom is -0.355 e. The monoisotopic (exact) mass is 425 g/mol. The van der Waals surface area contributed by atoms with E-state index in [0.29, 0.717) is 10.8 Å². The number of aromatic nitrogens is 1. The molecule has 10 heteroatoms. The highest BCUT2D eigenvalue weighted by Gasteiger charge is 2.42. The second-order valence-corrected chi connectivity index (χ2v) is 8.25. The van der Waals surface area contributed by atoms with Gasteiger partial charge in [0.05, 0.1) is 12.5 Å². The standard InChI is InChI=1S/C20H17BFN3O4S/c22-21-23-13(6-10-20(28)29-25-18(26)8-9-19(25)27)3-4-14(23)12-15-5-7-16(24(15)21)17-2-1-11-30-17/h1-5,7,11-12,16H,6,8-10H2. The lowest BCUT2D eigenvalue weighted by molar-refractivity contribution is -0.197. The van der Waals surface area contributed by atoms with Gasteiger partial charge in [-0.1, -0.05) is 12.1 Å². The first-order chi connectivity index (χ1) is 14.5. The Labute approximate surface area is 176 Å². The Bertz CT molecular complexity index is 1080. The van der Waals surface area contributed by atoms with Gasteiger partial charge in [-0.2, -0.15) is 0 Å². The number of halogens is 1. The molecule has 0 spiro atoms. The maximum Gasteiger partial charge on any atom is 0.592 e. The maximum absolute atomic E-state index is 15.6. The van der Waals surface area contributed by atoms with E-state index in [1.54, 1.807) is 26.7 Å². The van der Waals surface area contributed by atoms with Crippen LogP contribution in [0.15, 0.2) is 47.5 Å². The summed E-state index contributed by atoms with van der Waals surface area (Å²) in [7, 11) is -1.41. The van der Waals surface area contributed by atoms with E-state index < -0.39 is 25.0 Å². The Morgan fingerprint density at radius 3 is 2.77 bits per heavy atom. The van der Waals surface area contributed by atoms with Crippen molar-refractivity contribution in [2.75, 3.05) is 0 Å². The molecule has 1 unspecified atom stereocenters. The van der Waals surface area contributed by atoms with Gasteiger partial charge in [0, 0.05) is 34.8 Å². The first-order valence-electron chi connectivity index (χ1n) is 9.65. The van der Waals surface area contributed by atoms with E-state index in [9.17, 15) is 14.4 Å². The molecule has 3 aliphatic rings. The molecule has 0 radical (unpaired) electrons. The predicted molar refractivity (Wildman–Crippen MR) is 108 cm³/mol. The van der Waals surface area contributed by atoms with Crippen LogP contribution in [0.1, 0.15) is 41.6 Å². The highest BCUT2D eigenvalue weighted by Crippen LogP contribution is 2.40. The molecule has 30 heavy (non-hydrogen) atoms. The molecule has 0 aliphatic carbocycles. The lowest BCUT2D eigenvalue weighted by atomic mass is 9.93. The molecule has 2 aromatic rings. The van der Waals surface area contributed by atoms with Crippen LogP contribution in [0, 0.1) is 0 Å². The van der Waals surface area contributed by atoms with Gasteiger partial charge in [0.1, 0.15) is 0 Å². The number of nitrogens with zero attached hydrogens (tertiary/aromatic N) is 3. The fourth-order valence-corrected chi connectivity index (χ4v) is 4.80. The molecular weight excluding hydrogens is 408 g/mol. The van der Waals surface area contributed by atoms with Gasteiger partial charge >= 0.3 is 13.2 Å². The van der Waals surface area contributed by atoms with Gasteiger partial charge in [0.15, 0.2) is 0 Å². The molecule has 3 aliphatic heterocycles. The molecule has 1 saturated heterocycles. The quantitative estimate of drug-likeness (QED) is 0.544. The van der Waals surface area contributed by atoms with Crippen LogP contribution in [0.25, 0.3) is 6.08 Å². The molecule has 7 nitrogen and oxygen atoms in total. The molecule has 0 aromatic carbocycles. The van der Waals surface area contributed by atoms with Crippen LogP contribution in [-0.2, 0) is 25.6 Å². The van der Waals surface area contributed by atoms with Crippen LogP contribution in [0.2, 0.25) is 0 Å². The molecule has 2 amide bonds. The highest BCUT2D eigenvalue weighted by atomic mass is 32.1. The van der Waals surface area contributed by atoms with Crippen LogP contribution < -0.4 is 0 Å². The van der Waals surface area contributed by atoms with Gasteiger partial charge in [-0.3, -0.25) is 13.9 Å². The van der Waals surface area contributed by atoms with Gasteiger partial charge in [0.2, 0.25) is 0 Å². The molecule has 152 valence electrons. The van der Waals surface area contributed by atoms with Crippen LogP contribution in [0.5, 0.6) is 0 Å². The SMILES string of the molecule is O=C(CCc1ccc2n1B(F)N1C(=C2)C=CC1c1cccs1)ON1C(=O)CCC1=O. The molecule has 0 bridgehead atoms. The third-order valence-electron chi connectivity index (χ3n) is 5.44. The average molecular weight is 425 g/mol. The van der Waals surface area contributed by atoms with Gasteiger partial charge in [-0.15, -0.1) is 16.4 Å². The first-order valence-corrected chi connectivity index (χ1v) is 10.5. The molecule has 2 aromatic heterocycles. The number of hydroxylamine groups is 2. The Morgan fingerprint density at radius 2 is 2.03 bits per heavy atom. The number of aryl methyl sites for hydroxylation is 1. The summed E-state index contributed by atoms with van der Waals surface area (Å²) in [4.78, 5) is 42.9. The lowest BCUT2D eigenvalue weighted by Crippen LogP contribution is -2.44. The Hall–Kier alpha value is -3.14. The van der Waals surface area contributed by atoms with Gasteiger partial charge in [-0.05, 0) is 42.2 Å². The summed E-state index contributed by atoms with van der Waals surface area (Å²) in [5.41, 5.74) is 2.17. The van der Waals surface area contributed by atoms with E-state index in [1.807, 2.05) is 41.8 Å². The normalized spacial score (nSPS) is 20.0. The van der Waals surface area contributed by atoms with Crippen molar-refractivity contribution in [3.05, 3.63) is 63.8 Å². The Kier molecular flexibility index (Phi) is 4.58. The summed E-state index contributed by atoms with van der Waals surface area (Å²) in [5.74, 6) is -1.73. The maximum atomic E-state index is 15.6. The summed E-state index contributed by atoms with van der Waals surface area (Å²) < 4.78 is 17.2. The van der Waals surface area contributed by atoms with Crippen molar-refractivity contribution in [2.24, 2.45) is 0 Å². The zero-order valence-electron chi connectivity index (χ0n) is 15.9. The number of hydrogen-bond donors (Lipinski definition) is 0. The average Bonchev–Trinajstić information content (AvgIpc) is 3.50. The van der Waals surface area contributed by atoms with Crippen molar-refractivity contribution in [2.45, 2.75) is 31.7 Å². The van der Waals surface area contributed by atoms with E-state index in [2.05, 4.69) is 0 Å². The summed E-state index contributed by atoms with van der Waals surface area (Å²) in [5, 5.41) is 2.50. The van der Waals surface area contributed by atoms with Crippen LogP contribution in [-0.4, -0.2) is 39.4 Å². The molecule has 5 rings (SSSR count). The van der Waals surface area contributed by atoms with Crippen molar-refractivity contribution in [1.82, 2.24) is 14.4 Å². The fourth-order valence-electron chi connectivity index (χ4n) is 4.00. The third kappa shape index (κ3) is 3.07. The minimum atomic E-state index is -1.41. The third-order valence-corrected chi connectivity index (χ3v) is 6.38. The van der Waals surface area contributed by atoms with E-state index in [-0.39, 0.29) is 31.7 Å². The topological polar surface area (TPSA) is 71.8 Å². The summed E-state index contributed by atoms with van der Waals surface area (Å²) in [6.07, 6.45) is 6.08. The number of hydrogen-bond acceptors (Lipinski definition) is 6. The fraction of sp³-hybridized carbons (Fsp3) is 0.250. The molecule has 1 fully saturated rings. The van der Waals surface area contributed by atoms with Gasteiger partial charge in [-0.25, -0.2) is 4.79 Å². The van der Waals surface area contributed by atoms with E-state index in [1.165, 1.54) is 0 Å². The van der Waals surface area contributed by atoms with Crippen LogP contribution >= 0.6 is 11.3 Å². The first kappa shape index (κ1) is 18.9. The van der Waals surface area contributed by atoms with E-state index in [4.69, 9.17) is 4.84 Å². The zero-order valence-corrected chi connectivity index (χ0v) is 16.7. The number of fused-ring (bicyclic) bond motifs is 2. The van der Waals surface area contributed by atoms with Crippen LogP contribution in [0.4, 0.5) is 4.32 Å².